The van der Waals surface area contributed by atoms with Crippen LogP contribution in [0.2, 0.25) is 0 Å². The molecule has 1 aliphatic rings. The van der Waals surface area contributed by atoms with E-state index in [1.54, 1.807) is 7.11 Å². The number of hydrogen-bond acceptors (Lipinski definition) is 2. The van der Waals surface area contributed by atoms with Gasteiger partial charge in [-0.2, -0.15) is 0 Å². The van der Waals surface area contributed by atoms with E-state index in [-0.39, 0.29) is 0 Å². The molecule has 3 heteroatoms. The number of ether oxygens (including phenoxy) is 1. The SMILES string of the molecule is COc1cc2c(cc1C(=O)Cl)CCC2. The van der Waals surface area contributed by atoms with Gasteiger partial charge in [-0.25, -0.2) is 0 Å². The van der Waals surface area contributed by atoms with Crippen molar-refractivity contribution >= 4 is 16.8 Å². The molecule has 14 heavy (non-hydrogen) atoms. The van der Waals surface area contributed by atoms with Crippen molar-refractivity contribution in [3.63, 3.8) is 0 Å². The van der Waals surface area contributed by atoms with Crippen LogP contribution in [-0.4, -0.2) is 12.4 Å². The number of methoxy groups -OCH3 is 1. The Labute approximate surface area is 87.8 Å². The van der Waals surface area contributed by atoms with Gasteiger partial charge in [0.15, 0.2) is 0 Å². The van der Waals surface area contributed by atoms with Crippen molar-refractivity contribution in [2.75, 3.05) is 7.11 Å². The standard InChI is InChI=1S/C11H11ClO2/c1-14-10-6-8-4-2-3-7(8)5-9(10)11(12)13/h5-6H,2-4H2,1H3. The van der Waals surface area contributed by atoms with Crippen LogP contribution in [0.4, 0.5) is 0 Å². The molecule has 2 nitrogen and oxygen atoms in total. The molecule has 0 spiro atoms. The van der Waals surface area contributed by atoms with Crippen LogP contribution >= 0.6 is 11.6 Å². The van der Waals surface area contributed by atoms with Gasteiger partial charge in [0, 0.05) is 0 Å². The maximum absolute atomic E-state index is 11.1. The lowest BCUT2D eigenvalue weighted by molar-refractivity contribution is 0.107. The number of carbonyl (C=O) groups excluding carboxylic acids is 1. The van der Waals surface area contributed by atoms with Crippen molar-refractivity contribution in [1.82, 2.24) is 0 Å². The molecule has 0 saturated heterocycles. The minimum atomic E-state index is -0.448. The Morgan fingerprint density at radius 2 is 2.00 bits per heavy atom. The van der Waals surface area contributed by atoms with Crippen LogP contribution in [-0.2, 0) is 12.8 Å². The van der Waals surface area contributed by atoms with E-state index < -0.39 is 5.24 Å². The number of hydrogen-bond donors (Lipinski definition) is 0. The molecule has 0 atom stereocenters. The summed E-state index contributed by atoms with van der Waals surface area (Å²) in [6, 6.07) is 3.79. The van der Waals surface area contributed by atoms with Gasteiger partial charge >= 0.3 is 0 Å². The molecule has 0 aliphatic heterocycles. The Morgan fingerprint density at radius 3 is 2.57 bits per heavy atom. The molecule has 0 radical (unpaired) electrons. The van der Waals surface area contributed by atoms with Gasteiger partial charge in [-0.1, -0.05) is 0 Å². The van der Waals surface area contributed by atoms with E-state index in [4.69, 9.17) is 16.3 Å². The molecular weight excluding hydrogens is 200 g/mol. The Morgan fingerprint density at radius 1 is 1.36 bits per heavy atom. The molecule has 0 heterocycles. The summed E-state index contributed by atoms with van der Waals surface area (Å²) in [7, 11) is 1.56. The molecule has 74 valence electrons. The van der Waals surface area contributed by atoms with Crippen LogP contribution in [0, 0.1) is 0 Å². The second-order valence-electron chi connectivity index (χ2n) is 3.45. The Hall–Kier alpha value is -1.02. The first kappa shape index (κ1) is 9.53. The fraction of sp³-hybridized carbons (Fsp3) is 0.364. The predicted molar refractivity (Wildman–Crippen MR) is 55.2 cm³/mol. The minimum absolute atomic E-state index is 0.448. The van der Waals surface area contributed by atoms with Gasteiger partial charge in [0.05, 0.1) is 12.7 Å². The lowest BCUT2D eigenvalue weighted by Crippen LogP contribution is -1.98. The summed E-state index contributed by atoms with van der Waals surface area (Å²) in [5.41, 5.74) is 2.99. The first-order valence-electron chi connectivity index (χ1n) is 4.62. The van der Waals surface area contributed by atoms with Crippen LogP contribution < -0.4 is 4.74 Å². The number of benzene rings is 1. The van der Waals surface area contributed by atoms with Gasteiger partial charge in [-0.15, -0.1) is 0 Å². The monoisotopic (exact) mass is 210 g/mol. The second-order valence-corrected chi connectivity index (χ2v) is 3.79. The molecule has 0 saturated carbocycles. The van der Waals surface area contributed by atoms with Crippen molar-refractivity contribution in [1.29, 1.82) is 0 Å². The lowest BCUT2D eigenvalue weighted by Gasteiger charge is -2.07. The van der Waals surface area contributed by atoms with Crippen LogP contribution in [0.1, 0.15) is 27.9 Å². The molecule has 1 aromatic rings. The number of fused-ring (bicyclic) bond motifs is 1. The average molecular weight is 211 g/mol. The zero-order chi connectivity index (χ0) is 10.1. The van der Waals surface area contributed by atoms with Crippen LogP contribution in [0.3, 0.4) is 0 Å². The molecular formula is C11H11ClO2. The third-order valence-electron chi connectivity index (χ3n) is 2.63. The van der Waals surface area contributed by atoms with E-state index in [9.17, 15) is 4.79 Å². The summed E-state index contributed by atoms with van der Waals surface area (Å²) in [6.07, 6.45) is 3.26. The molecule has 0 amide bonds. The van der Waals surface area contributed by atoms with Gasteiger partial charge in [0.1, 0.15) is 5.75 Å². The Kier molecular flexibility index (Phi) is 2.46. The van der Waals surface area contributed by atoms with Gasteiger partial charge in [0.2, 0.25) is 0 Å². The highest BCUT2D eigenvalue weighted by atomic mass is 35.5. The summed E-state index contributed by atoms with van der Waals surface area (Å²) < 4.78 is 5.13. The van der Waals surface area contributed by atoms with Crippen LogP contribution in [0.5, 0.6) is 5.75 Å². The van der Waals surface area contributed by atoms with Crippen molar-refractivity contribution in [2.24, 2.45) is 0 Å². The van der Waals surface area contributed by atoms with Crippen LogP contribution in [0.15, 0.2) is 12.1 Å². The van der Waals surface area contributed by atoms with E-state index in [1.165, 1.54) is 11.1 Å². The Balaban J connectivity index is 2.54. The van der Waals surface area contributed by atoms with Gasteiger partial charge in [0.25, 0.3) is 5.24 Å². The van der Waals surface area contributed by atoms with E-state index >= 15 is 0 Å². The van der Waals surface area contributed by atoms with Gasteiger partial charge < -0.3 is 4.74 Å². The third kappa shape index (κ3) is 1.50. The zero-order valence-corrected chi connectivity index (χ0v) is 8.73. The number of carbonyl (C=O) groups is 1. The molecule has 1 aliphatic carbocycles. The van der Waals surface area contributed by atoms with E-state index in [0.29, 0.717) is 11.3 Å². The highest BCUT2D eigenvalue weighted by Gasteiger charge is 2.17. The predicted octanol–water partition coefficient (Wildman–Crippen LogP) is 2.56. The summed E-state index contributed by atoms with van der Waals surface area (Å²) in [5.74, 6) is 0.589. The summed E-state index contributed by atoms with van der Waals surface area (Å²) in [5, 5.41) is -0.448. The normalized spacial score (nSPS) is 13.9. The molecule has 0 fully saturated rings. The van der Waals surface area contributed by atoms with Crippen LogP contribution in [0.25, 0.3) is 0 Å². The highest BCUT2D eigenvalue weighted by molar-refractivity contribution is 6.68. The minimum Gasteiger partial charge on any atom is -0.496 e. The fourth-order valence-corrected chi connectivity index (χ4v) is 2.07. The molecule has 2 rings (SSSR count). The number of aryl methyl sites for hydroxylation is 2. The quantitative estimate of drug-likeness (QED) is 0.702. The summed E-state index contributed by atoms with van der Waals surface area (Å²) in [4.78, 5) is 11.1. The second kappa shape index (κ2) is 3.62. The van der Waals surface area contributed by atoms with E-state index in [2.05, 4.69) is 0 Å². The first-order chi connectivity index (χ1) is 6.72. The molecule has 0 unspecified atom stereocenters. The highest BCUT2D eigenvalue weighted by Crippen LogP contribution is 2.30. The maximum atomic E-state index is 11.1. The summed E-state index contributed by atoms with van der Waals surface area (Å²) >= 11 is 5.47. The zero-order valence-electron chi connectivity index (χ0n) is 7.97. The van der Waals surface area contributed by atoms with Crippen molar-refractivity contribution in [2.45, 2.75) is 19.3 Å². The molecule has 0 aromatic heterocycles. The average Bonchev–Trinajstić information content (AvgIpc) is 2.62. The smallest absolute Gasteiger partial charge is 0.256 e. The van der Waals surface area contributed by atoms with Gasteiger partial charge in [-0.05, 0) is 54.1 Å². The lowest BCUT2D eigenvalue weighted by atomic mass is 10.1. The Bertz CT molecular complexity index is 385. The summed E-state index contributed by atoms with van der Waals surface area (Å²) in [6.45, 7) is 0. The van der Waals surface area contributed by atoms with Crippen molar-refractivity contribution < 1.29 is 9.53 Å². The topological polar surface area (TPSA) is 26.3 Å². The van der Waals surface area contributed by atoms with Crippen molar-refractivity contribution in [3.05, 3.63) is 28.8 Å². The molecule has 0 bridgehead atoms. The maximum Gasteiger partial charge on any atom is 0.256 e. The largest absolute Gasteiger partial charge is 0.496 e. The molecule has 0 N–H and O–H groups in total. The van der Waals surface area contributed by atoms with Crippen molar-refractivity contribution in [3.8, 4) is 5.75 Å². The first-order valence-corrected chi connectivity index (χ1v) is 5.00. The van der Waals surface area contributed by atoms with E-state index in [1.807, 2.05) is 12.1 Å². The number of halogens is 1. The van der Waals surface area contributed by atoms with Gasteiger partial charge in [-0.3, -0.25) is 4.79 Å². The third-order valence-corrected chi connectivity index (χ3v) is 2.83. The molecule has 1 aromatic carbocycles. The van der Waals surface area contributed by atoms with E-state index in [0.717, 1.165) is 19.3 Å². The fourth-order valence-electron chi connectivity index (χ4n) is 1.92. The number of rotatable bonds is 2.